The molecule has 0 saturated heterocycles. The number of benzene rings is 6. The highest BCUT2D eigenvalue weighted by molar-refractivity contribution is 7.19. The predicted molar refractivity (Wildman–Crippen MR) is 171 cm³/mol. The largest absolute Gasteiger partial charge is 0.456 e. The van der Waals surface area contributed by atoms with Gasteiger partial charge in [-0.2, -0.15) is 0 Å². The summed E-state index contributed by atoms with van der Waals surface area (Å²) in [4.78, 5) is 8.70. The van der Waals surface area contributed by atoms with E-state index in [-0.39, 0.29) is 0 Å². The van der Waals surface area contributed by atoms with Crippen LogP contribution in [0.5, 0.6) is 0 Å². The smallest absolute Gasteiger partial charge is 0.135 e. The topological polar surface area (TPSA) is 29.3 Å². The molecule has 0 aliphatic heterocycles. The SMILES string of the molecule is c1ccc(N(c2ccc(-c3nc4c(s3)-c3cccc5cccc-4c35)cc2)c2ccc3oc4ccccc4c3c2)cc1. The molecular weight excluding hydrogens is 520 g/mol. The van der Waals surface area contributed by atoms with Gasteiger partial charge < -0.3 is 9.32 Å². The van der Waals surface area contributed by atoms with E-state index >= 15 is 0 Å². The number of fused-ring (bicyclic) bond motifs is 6. The van der Waals surface area contributed by atoms with E-state index in [1.807, 2.05) is 12.1 Å². The summed E-state index contributed by atoms with van der Waals surface area (Å²) in [6.07, 6.45) is 0. The Morgan fingerprint density at radius 3 is 2.12 bits per heavy atom. The van der Waals surface area contributed by atoms with Crippen LogP contribution in [0.2, 0.25) is 0 Å². The summed E-state index contributed by atoms with van der Waals surface area (Å²) in [6, 6.07) is 47.0. The zero-order chi connectivity index (χ0) is 26.9. The van der Waals surface area contributed by atoms with Crippen LogP contribution in [0.4, 0.5) is 17.1 Å². The minimum Gasteiger partial charge on any atom is -0.456 e. The van der Waals surface area contributed by atoms with Crippen molar-refractivity contribution in [3.05, 3.63) is 133 Å². The van der Waals surface area contributed by atoms with Crippen molar-refractivity contribution >= 4 is 61.1 Å². The number of thiazole rings is 1. The fraction of sp³-hybridized carbons (Fsp3) is 0. The van der Waals surface area contributed by atoms with E-state index < -0.39 is 0 Å². The summed E-state index contributed by atoms with van der Waals surface area (Å²) in [7, 11) is 0. The number of hydrogen-bond donors (Lipinski definition) is 0. The van der Waals surface area contributed by atoms with Crippen molar-refractivity contribution in [2.75, 3.05) is 4.90 Å². The van der Waals surface area contributed by atoms with Crippen molar-refractivity contribution in [1.29, 1.82) is 0 Å². The van der Waals surface area contributed by atoms with Gasteiger partial charge in [-0.15, -0.1) is 11.3 Å². The molecule has 2 aromatic heterocycles. The molecule has 0 atom stereocenters. The van der Waals surface area contributed by atoms with Crippen molar-refractivity contribution in [1.82, 2.24) is 4.98 Å². The lowest BCUT2D eigenvalue weighted by Crippen LogP contribution is -2.09. The average Bonchev–Trinajstić information content (AvgIpc) is 3.71. The highest BCUT2D eigenvalue weighted by atomic mass is 32.1. The average molecular weight is 543 g/mol. The number of aromatic nitrogens is 1. The van der Waals surface area contributed by atoms with Crippen molar-refractivity contribution in [2.45, 2.75) is 0 Å². The first-order valence-electron chi connectivity index (χ1n) is 13.7. The van der Waals surface area contributed by atoms with Crippen molar-refractivity contribution in [3.63, 3.8) is 0 Å². The van der Waals surface area contributed by atoms with Gasteiger partial charge in [-0.05, 0) is 71.4 Å². The molecule has 4 heteroatoms. The van der Waals surface area contributed by atoms with E-state index in [0.29, 0.717) is 0 Å². The van der Waals surface area contributed by atoms with Gasteiger partial charge in [-0.3, -0.25) is 0 Å². The van der Waals surface area contributed by atoms with Gasteiger partial charge in [0.05, 0.1) is 10.6 Å². The molecule has 41 heavy (non-hydrogen) atoms. The van der Waals surface area contributed by atoms with Gasteiger partial charge in [0.2, 0.25) is 0 Å². The monoisotopic (exact) mass is 542 g/mol. The van der Waals surface area contributed by atoms with Crippen molar-refractivity contribution < 1.29 is 4.42 Å². The van der Waals surface area contributed by atoms with Crippen LogP contribution in [0, 0.1) is 0 Å². The molecule has 0 fully saturated rings. The first kappa shape index (κ1) is 22.6. The molecule has 0 radical (unpaired) electrons. The fourth-order valence-electron chi connectivity index (χ4n) is 6.17. The van der Waals surface area contributed by atoms with E-state index in [9.17, 15) is 0 Å². The van der Waals surface area contributed by atoms with Gasteiger partial charge in [0.15, 0.2) is 0 Å². The van der Waals surface area contributed by atoms with E-state index in [2.05, 4.69) is 126 Å². The number of nitrogens with zero attached hydrogens (tertiary/aromatic N) is 2. The molecule has 1 aliphatic carbocycles. The second-order valence-corrected chi connectivity index (χ2v) is 11.4. The molecule has 192 valence electrons. The van der Waals surface area contributed by atoms with Gasteiger partial charge in [0.1, 0.15) is 16.2 Å². The van der Waals surface area contributed by atoms with Crippen molar-refractivity contribution in [2.24, 2.45) is 0 Å². The first-order valence-corrected chi connectivity index (χ1v) is 14.5. The fourth-order valence-corrected chi connectivity index (χ4v) is 7.28. The Morgan fingerprint density at radius 2 is 1.27 bits per heavy atom. The Morgan fingerprint density at radius 1 is 0.561 bits per heavy atom. The number of rotatable bonds is 4. The molecular formula is C37H22N2OS. The summed E-state index contributed by atoms with van der Waals surface area (Å²) in [5, 5.41) is 5.89. The Kier molecular flexibility index (Phi) is 4.77. The van der Waals surface area contributed by atoms with Gasteiger partial charge in [0.25, 0.3) is 0 Å². The molecule has 6 aromatic carbocycles. The number of furan rings is 1. The normalized spacial score (nSPS) is 11.9. The maximum absolute atomic E-state index is 6.10. The van der Waals surface area contributed by atoms with Crippen LogP contribution in [-0.2, 0) is 0 Å². The van der Waals surface area contributed by atoms with Crippen LogP contribution in [0.3, 0.4) is 0 Å². The van der Waals surface area contributed by atoms with E-state index in [1.54, 1.807) is 11.3 Å². The van der Waals surface area contributed by atoms with E-state index in [0.717, 1.165) is 55.3 Å². The Hall–Kier alpha value is -5.19. The molecule has 0 bridgehead atoms. The third kappa shape index (κ3) is 3.41. The third-order valence-electron chi connectivity index (χ3n) is 8.04. The first-order chi connectivity index (χ1) is 20.3. The van der Waals surface area contributed by atoms with Gasteiger partial charge in [-0.1, -0.05) is 72.8 Å². The second kappa shape index (κ2) is 8.65. The highest BCUT2D eigenvalue weighted by Gasteiger charge is 2.26. The molecule has 0 N–H and O–H groups in total. The molecule has 0 spiro atoms. The Balaban J connectivity index is 1.13. The minimum absolute atomic E-state index is 0.896. The lowest BCUT2D eigenvalue weighted by atomic mass is 10.0. The summed E-state index contributed by atoms with van der Waals surface area (Å²) in [5.41, 5.74) is 9.85. The van der Waals surface area contributed by atoms with Gasteiger partial charge in [0, 0.05) is 44.5 Å². The van der Waals surface area contributed by atoms with E-state index in [1.165, 1.54) is 26.8 Å². The summed E-state index contributed by atoms with van der Waals surface area (Å²) < 4.78 is 6.10. The summed E-state index contributed by atoms with van der Waals surface area (Å²) in [6.45, 7) is 0. The number of anilines is 3. The standard InChI is InChI=1S/C37H22N2OS/c1-2-10-25(11-3-1)39(27-20-21-33-31(22-27)28-12-4-5-15-32(28)40-33)26-18-16-24(17-19-26)37-38-35-29-13-6-8-23-9-7-14-30(34(23)29)36(35)41-37/h1-22H. The lowest BCUT2D eigenvalue weighted by Gasteiger charge is -2.25. The van der Waals surface area contributed by atoms with Crippen LogP contribution in [0.15, 0.2) is 138 Å². The van der Waals surface area contributed by atoms with E-state index in [4.69, 9.17) is 9.40 Å². The predicted octanol–water partition coefficient (Wildman–Crippen LogP) is 11.0. The maximum atomic E-state index is 6.10. The Labute approximate surface area is 240 Å². The third-order valence-corrected chi connectivity index (χ3v) is 9.17. The van der Waals surface area contributed by atoms with Crippen molar-refractivity contribution in [3.8, 4) is 32.3 Å². The van der Waals surface area contributed by atoms with Crippen LogP contribution in [0.1, 0.15) is 0 Å². The highest BCUT2D eigenvalue weighted by Crippen LogP contribution is 2.51. The molecule has 9 rings (SSSR count). The molecule has 1 aliphatic rings. The zero-order valence-corrected chi connectivity index (χ0v) is 22.7. The van der Waals surface area contributed by atoms with Crippen LogP contribution >= 0.6 is 11.3 Å². The van der Waals surface area contributed by atoms with Gasteiger partial charge >= 0.3 is 0 Å². The van der Waals surface area contributed by atoms with Gasteiger partial charge in [-0.25, -0.2) is 4.98 Å². The zero-order valence-electron chi connectivity index (χ0n) is 21.9. The lowest BCUT2D eigenvalue weighted by molar-refractivity contribution is 0.669. The maximum Gasteiger partial charge on any atom is 0.135 e. The van der Waals surface area contributed by atoms with Crippen LogP contribution < -0.4 is 4.90 Å². The molecule has 8 aromatic rings. The second-order valence-electron chi connectivity index (χ2n) is 10.4. The summed E-state index contributed by atoms with van der Waals surface area (Å²) >= 11 is 1.78. The number of para-hydroxylation sites is 2. The molecule has 0 amide bonds. The van der Waals surface area contributed by atoms with Crippen LogP contribution in [0.25, 0.3) is 65.0 Å². The summed E-state index contributed by atoms with van der Waals surface area (Å²) in [5.74, 6) is 0. The minimum atomic E-state index is 0.896. The molecule has 2 heterocycles. The quantitative estimate of drug-likeness (QED) is 0.221. The Bertz CT molecular complexity index is 2210. The number of hydrogen-bond acceptors (Lipinski definition) is 4. The van der Waals surface area contributed by atoms with Crippen LogP contribution in [-0.4, -0.2) is 4.98 Å². The molecule has 0 unspecified atom stereocenters. The molecule has 3 nitrogen and oxygen atoms in total. The molecule has 0 saturated carbocycles.